The molecule has 0 aromatic heterocycles. The molecule has 0 aliphatic carbocycles. The zero-order valence-corrected chi connectivity index (χ0v) is 13.4. The molecule has 1 aromatic carbocycles. The summed E-state index contributed by atoms with van der Waals surface area (Å²) in [4.78, 5) is 4.67. The van der Waals surface area contributed by atoms with Gasteiger partial charge in [0, 0.05) is 37.9 Å². The molecule has 4 nitrogen and oxygen atoms in total. The Morgan fingerprint density at radius 3 is 2.90 bits per heavy atom. The molecule has 0 spiro atoms. The van der Waals surface area contributed by atoms with E-state index in [1.165, 1.54) is 11.3 Å². The van der Waals surface area contributed by atoms with E-state index in [0.717, 1.165) is 50.9 Å². The fourth-order valence-electron chi connectivity index (χ4n) is 3.11. The minimum atomic E-state index is 0.436. The average molecular weight is 305 g/mol. The second kappa shape index (κ2) is 6.73. The topological polar surface area (TPSA) is 27.7 Å². The first kappa shape index (κ1) is 14.8. The molecular weight excluding hydrogens is 282 g/mol. The third kappa shape index (κ3) is 3.36. The molecule has 2 heterocycles. The molecule has 5 heteroatoms. The standard InChI is InChI=1S/C16H23N3OS/c1-13-12-14-4-2-3-5-15(14)19(13)16(21)17-6-7-18-8-10-20-11-9-18/h2-5,13H,6-12H2,1H3,(H,17,21)/t13-/m1/s1. The zero-order chi connectivity index (χ0) is 14.7. The second-order valence-corrected chi connectivity index (χ2v) is 6.12. The van der Waals surface area contributed by atoms with E-state index in [-0.39, 0.29) is 0 Å². The van der Waals surface area contributed by atoms with Gasteiger partial charge in [0.25, 0.3) is 0 Å². The number of hydrogen-bond acceptors (Lipinski definition) is 3. The van der Waals surface area contributed by atoms with Crippen LogP contribution in [0.15, 0.2) is 24.3 Å². The normalized spacial score (nSPS) is 22.1. The molecule has 21 heavy (non-hydrogen) atoms. The van der Waals surface area contributed by atoms with Crippen molar-refractivity contribution in [2.75, 3.05) is 44.3 Å². The molecule has 0 saturated carbocycles. The number of morpholine rings is 1. The number of rotatable bonds is 3. The first-order valence-corrected chi connectivity index (χ1v) is 8.11. The molecule has 3 rings (SSSR count). The molecule has 0 radical (unpaired) electrons. The fourth-order valence-corrected chi connectivity index (χ4v) is 3.49. The number of nitrogens with zero attached hydrogens (tertiary/aromatic N) is 2. The number of benzene rings is 1. The molecule has 0 unspecified atom stereocenters. The molecule has 2 aliphatic heterocycles. The van der Waals surface area contributed by atoms with Crippen LogP contribution in [0.1, 0.15) is 12.5 Å². The molecule has 1 atom stereocenters. The molecule has 1 fully saturated rings. The molecule has 2 aliphatic rings. The van der Waals surface area contributed by atoms with Gasteiger partial charge in [-0.15, -0.1) is 0 Å². The SMILES string of the molecule is C[C@@H]1Cc2ccccc2N1C(=S)NCCN1CCOCC1. The monoisotopic (exact) mass is 305 g/mol. The van der Waals surface area contributed by atoms with E-state index < -0.39 is 0 Å². The highest BCUT2D eigenvalue weighted by Crippen LogP contribution is 2.31. The highest BCUT2D eigenvalue weighted by atomic mass is 32.1. The number of fused-ring (bicyclic) bond motifs is 1. The number of para-hydroxylation sites is 1. The van der Waals surface area contributed by atoms with Crippen molar-refractivity contribution >= 4 is 23.0 Å². The van der Waals surface area contributed by atoms with Crippen LogP contribution in [0.25, 0.3) is 0 Å². The molecule has 1 aromatic rings. The van der Waals surface area contributed by atoms with Crippen LogP contribution in [-0.4, -0.2) is 55.4 Å². The number of hydrogen-bond donors (Lipinski definition) is 1. The maximum atomic E-state index is 5.61. The molecular formula is C16H23N3OS. The quantitative estimate of drug-likeness (QED) is 0.857. The van der Waals surface area contributed by atoms with E-state index in [1.807, 2.05) is 0 Å². The summed E-state index contributed by atoms with van der Waals surface area (Å²) < 4.78 is 5.37. The average Bonchev–Trinajstić information content (AvgIpc) is 2.84. The Morgan fingerprint density at radius 1 is 1.33 bits per heavy atom. The highest BCUT2D eigenvalue weighted by molar-refractivity contribution is 7.80. The van der Waals surface area contributed by atoms with Gasteiger partial charge in [0.05, 0.1) is 13.2 Å². The van der Waals surface area contributed by atoms with Gasteiger partial charge in [-0.3, -0.25) is 4.90 Å². The van der Waals surface area contributed by atoms with E-state index in [9.17, 15) is 0 Å². The van der Waals surface area contributed by atoms with Gasteiger partial charge < -0.3 is 15.0 Å². The van der Waals surface area contributed by atoms with Crippen LogP contribution in [0.3, 0.4) is 0 Å². The van der Waals surface area contributed by atoms with E-state index >= 15 is 0 Å². The number of ether oxygens (including phenoxy) is 1. The Kier molecular flexibility index (Phi) is 4.73. The van der Waals surface area contributed by atoms with Gasteiger partial charge in [0.2, 0.25) is 0 Å². The summed E-state index contributed by atoms with van der Waals surface area (Å²) in [5, 5.41) is 4.27. The fraction of sp³-hybridized carbons (Fsp3) is 0.562. The largest absolute Gasteiger partial charge is 0.379 e. The summed E-state index contributed by atoms with van der Waals surface area (Å²) in [6.45, 7) is 7.89. The first-order chi connectivity index (χ1) is 10.3. The van der Waals surface area contributed by atoms with Crippen LogP contribution in [-0.2, 0) is 11.2 Å². The third-order valence-electron chi connectivity index (χ3n) is 4.23. The Labute approximate surface area is 132 Å². The van der Waals surface area contributed by atoms with Crippen molar-refractivity contribution in [3.05, 3.63) is 29.8 Å². The number of anilines is 1. The Balaban J connectivity index is 1.53. The van der Waals surface area contributed by atoms with Crippen molar-refractivity contribution in [2.45, 2.75) is 19.4 Å². The summed E-state index contributed by atoms with van der Waals surface area (Å²) >= 11 is 5.61. The summed E-state index contributed by atoms with van der Waals surface area (Å²) in [6, 6.07) is 8.98. The van der Waals surface area contributed by atoms with E-state index in [1.54, 1.807) is 0 Å². The Bertz CT molecular complexity index is 502. The second-order valence-electron chi connectivity index (χ2n) is 5.74. The minimum absolute atomic E-state index is 0.436. The summed E-state index contributed by atoms with van der Waals surface area (Å²) in [5.41, 5.74) is 2.65. The van der Waals surface area contributed by atoms with Gasteiger partial charge in [0.1, 0.15) is 0 Å². The van der Waals surface area contributed by atoms with Crippen molar-refractivity contribution < 1.29 is 4.74 Å². The molecule has 0 bridgehead atoms. The van der Waals surface area contributed by atoms with Crippen molar-refractivity contribution in [1.82, 2.24) is 10.2 Å². The van der Waals surface area contributed by atoms with Crippen molar-refractivity contribution in [1.29, 1.82) is 0 Å². The summed E-state index contributed by atoms with van der Waals surface area (Å²) in [7, 11) is 0. The van der Waals surface area contributed by atoms with Crippen LogP contribution < -0.4 is 10.2 Å². The lowest BCUT2D eigenvalue weighted by molar-refractivity contribution is 0.0389. The van der Waals surface area contributed by atoms with E-state index in [0.29, 0.717) is 6.04 Å². The molecule has 1 N–H and O–H groups in total. The molecule has 0 amide bonds. The van der Waals surface area contributed by atoms with Crippen LogP contribution in [0.4, 0.5) is 5.69 Å². The lowest BCUT2D eigenvalue weighted by Gasteiger charge is -2.29. The Hall–Kier alpha value is -1.17. The highest BCUT2D eigenvalue weighted by Gasteiger charge is 2.28. The maximum Gasteiger partial charge on any atom is 0.173 e. The van der Waals surface area contributed by atoms with E-state index in [2.05, 4.69) is 46.3 Å². The smallest absolute Gasteiger partial charge is 0.173 e. The summed E-state index contributed by atoms with van der Waals surface area (Å²) in [5.74, 6) is 0. The van der Waals surface area contributed by atoms with Crippen LogP contribution >= 0.6 is 12.2 Å². The number of nitrogens with one attached hydrogen (secondary N) is 1. The van der Waals surface area contributed by atoms with Gasteiger partial charge in [-0.1, -0.05) is 18.2 Å². The molecule has 114 valence electrons. The van der Waals surface area contributed by atoms with Gasteiger partial charge in [-0.2, -0.15) is 0 Å². The third-order valence-corrected chi connectivity index (χ3v) is 4.58. The number of thiocarbonyl (C=S) groups is 1. The van der Waals surface area contributed by atoms with E-state index in [4.69, 9.17) is 17.0 Å². The van der Waals surface area contributed by atoms with Crippen LogP contribution in [0.2, 0.25) is 0 Å². The maximum absolute atomic E-state index is 5.61. The van der Waals surface area contributed by atoms with Gasteiger partial charge in [-0.05, 0) is 37.2 Å². The predicted molar refractivity (Wildman–Crippen MR) is 89.9 cm³/mol. The molecule has 1 saturated heterocycles. The van der Waals surface area contributed by atoms with Crippen LogP contribution in [0.5, 0.6) is 0 Å². The zero-order valence-electron chi connectivity index (χ0n) is 12.5. The van der Waals surface area contributed by atoms with Crippen molar-refractivity contribution in [3.63, 3.8) is 0 Å². The van der Waals surface area contributed by atoms with Gasteiger partial charge >= 0.3 is 0 Å². The van der Waals surface area contributed by atoms with Crippen LogP contribution in [0, 0.1) is 0 Å². The Morgan fingerprint density at radius 2 is 2.10 bits per heavy atom. The van der Waals surface area contributed by atoms with Gasteiger partial charge in [0.15, 0.2) is 5.11 Å². The lowest BCUT2D eigenvalue weighted by atomic mass is 10.1. The van der Waals surface area contributed by atoms with Crippen molar-refractivity contribution in [3.8, 4) is 0 Å². The predicted octanol–water partition coefficient (Wildman–Crippen LogP) is 1.64. The van der Waals surface area contributed by atoms with Crippen molar-refractivity contribution in [2.24, 2.45) is 0 Å². The lowest BCUT2D eigenvalue weighted by Crippen LogP contribution is -2.46. The van der Waals surface area contributed by atoms with Gasteiger partial charge in [-0.25, -0.2) is 0 Å². The summed E-state index contributed by atoms with van der Waals surface area (Å²) in [6.07, 6.45) is 1.07. The minimum Gasteiger partial charge on any atom is -0.379 e. The first-order valence-electron chi connectivity index (χ1n) is 7.71.